The van der Waals surface area contributed by atoms with Gasteiger partial charge in [-0.3, -0.25) is 4.90 Å². The first-order chi connectivity index (χ1) is 10.6. The quantitative estimate of drug-likeness (QED) is 0.796. The summed E-state index contributed by atoms with van der Waals surface area (Å²) in [5, 5.41) is 13.0. The van der Waals surface area contributed by atoms with Gasteiger partial charge in [0.25, 0.3) is 0 Å². The lowest BCUT2D eigenvalue weighted by atomic mass is 10.0. The van der Waals surface area contributed by atoms with Crippen LogP contribution in [0.5, 0.6) is 5.75 Å². The van der Waals surface area contributed by atoms with Crippen LogP contribution in [0, 0.1) is 6.92 Å². The van der Waals surface area contributed by atoms with Crippen LogP contribution in [0.1, 0.15) is 47.7 Å². The van der Waals surface area contributed by atoms with Gasteiger partial charge in [-0.2, -0.15) is 0 Å². The number of halogens is 1. The first kappa shape index (κ1) is 15.9. The van der Waals surface area contributed by atoms with E-state index in [2.05, 4.69) is 23.3 Å². The van der Waals surface area contributed by atoms with Gasteiger partial charge in [0, 0.05) is 28.0 Å². The predicted molar refractivity (Wildman–Crippen MR) is 93.8 cm³/mol. The second-order valence-corrected chi connectivity index (χ2v) is 7.46. The smallest absolute Gasteiger partial charge is 0.120 e. The Morgan fingerprint density at radius 3 is 2.91 bits per heavy atom. The van der Waals surface area contributed by atoms with Gasteiger partial charge >= 0.3 is 0 Å². The number of nitrogens with zero attached hydrogens (tertiary/aromatic N) is 1. The zero-order chi connectivity index (χ0) is 15.5. The van der Waals surface area contributed by atoms with Crippen molar-refractivity contribution in [2.45, 2.75) is 45.2 Å². The number of aryl methyl sites for hydroxylation is 1. The van der Waals surface area contributed by atoms with Gasteiger partial charge in [-0.1, -0.05) is 24.4 Å². The summed E-state index contributed by atoms with van der Waals surface area (Å²) in [7, 11) is 0. The summed E-state index contributed by atoms with van der Waals surface area (Å²) in [6.45, 7) is 4.04. The van der Waals surface area contributed by atoms with E-state index < -0.39 is 0 Å². The molecule has 0 amide bonds. The summed E-state index contributed by atoms with van der Waals surface area (Å²) in [5.41, 5.74) is 2.31. The number of likely N-dealkylation sites (tertiary alicyclic amines) is 1. The molecular weight excluding hydrogens is 314 g/mol. The number of hydrogen-bond acceptors (Lipinski definition) is 3. The van der Waals surface area contributed by atoms with Gasteiger partial charge in [0.2, 0.25) is 0 Å². The number of hydrogen-bond donors (Lipinski definition) is 1. The highest BCUT2D eigenvalue weighted by molar-refractivity contribution is 7.10. The molecule has 1 aliphatic rings. The molecule has 4 heteroatoms. The van der Waals surface area contributed by atoms with Gasteiger partial charge in [-0.15, -0.1) is 11.3 Å². The lowest BCUT2D eigenvalue weighted by Gasteiger charge is -2.30. The molecule has 0 unspecified atom stereocenters. The predicted octanol–water partition coefficient (Wildman–Crippen LogP) is 5.53. The molecule has 1 atom stereocenters. The molecule has 0 saturated carbocycles. The van der Waals surface area contributed by atoms with Crippen molar-refractivity contribution in [1.82, 2.24) is 4.90 Å². The maximum atomic E-state index is 10.1. The minimum atomic E-state index is 0.343. The molecule has 1 aromatic carbocycles. The zero-order valence-corrected chi connectivity index (χ0v) is 14.5. The van der Waals surface area contributed by atoms with Crippen molar-refractivity contribution in [1.29, 1.82) is 0 Å². The molecule has 2 heterocycles. The van der Waals surface area contributed by atoms with E-state index in [0.717, 1.165) is 18.7 Å². The average molecular weight is 336 g/mol. The highest BCUT2D eigenvalue weighted by atomic mass is 35.5. The van der Waals surface area contributed by atoms with E-state index in [-0.39, 0.29) is 0 Å². The fourth-order valence-corrected chi connectivity index (χ4v) is 4.57. The largest absolute Gasteiger partial charge is 0.508 e. The molecule has 0 radical (unpaired) electrons. The van der Waals surface area contributed by atoms with Gasteiger partial charge in [0.05, 0.1) is 0 Å². The van der Waals surface area contributed by atoms with E-state index in [9.17, 15) is 5.11 Å². The molecule has 0 spiro atoms. The van der Waals surface area contributed by atoms with Crippen LogP contribution in [0.2, 0.25) is 5.02 Å². The molecule has 0 bridgehead atoms. The third kappa shape index (κ3) is 3.48. The fourth-order valence-electron chi connectivity index (χ4n) is 3.28. The van der Waals surface area contributed by atoms with E-state index in [0.29, 0.717) is 16.8 Å². The Bertz CT molecular complexity index is 640. The van der Waals surface area contributed by atoms with Crippen LogP contribution < -0.4 is 0 Å². The molecule has 3 rings (SSSR count). The SMILES string of the molecule is Cc1ccsc1[C@@H]1CCCCCN1Cc1cc(Cl)ccc1O. The summed E-state index contributed by atoms with van der Waals surface area (Å²) >= 11 is 7.96. The highest BCUT2D eigenvalue weighted by Gasteiger charge is 2.25. The maximum Gasteiger partial charge on any atom is 0.120 e. The van der Waals surface area contributed by atoms with E-state index in [4.69, 9.17) is 11.6 Å². The molecule has 1 aromatic heterocycles. The molecule has 1 fully saturated rings. The summed E-state index contributed by atoms with van der Waals surface area (Å²) < 4.78 is 0. The molecule has 118 valence electrons. The van der Waals surface area contributed by atoms with Crippen LogP contribution in [-0.4, -0.2) is 16.6 Å². The average Bonchev–Trinajstić information content (AvgIpc) is 2.78. The number of phenolic OH excluding ortho intramolecular Hbond substituents is 1. The van der Waals surface area contributed by atoms with E-state index in [1.165, 1.54) is 36.1 Å². The van der Waals surface area contributed by atoms with Crippen molar-refractivity contribution in [3.8, 4) is 5.75 Å². The summed E-state index contributed by atoms with van der Waals surface area (Å²) in [6.07, 6.45) is 4.99. The number of phenols is 1. The first-order valence-corrected chi connectivity index (χ1v) is 9.16. The van der Waals surface area contributed by atoms with Crippen molar-refractivity contribution in [2.75, 3.05) is 6.54 Å². The summed E-state index contributed by atoms with van der Waals surface area (Å²) in [6, 6.07) is 7.99. The van der Waals surface area contributed by atoms with Crippen LogP contribution in [0.15, 0.2) is 29.6 Å². The van der Waals surface area contributed by atoms with Crippen LogP contribution in [0.4, 0.5) is 0 Å². The third-order valence-corrected chi connectivity index (χ3v) is 5.84. The Morgan fingerprint density at radius 2 is 2.14 bits per heavy atom. The lowest BCUT2D eigenvalue weighted by Crippen LogP contribution is -2.28. The first-order valence-electron chi connectivity index (χ1n) is 7.90. The van der Waals surface area contributed by atoms with Crippen molar-refractivity contribution in [3.63, 3.8) is 0 Å². The van der Waals surface area contributed by atoms with Crippen molar-refractivity contribution in [3.05, 3.63) is 50.7 Å². The summed E-state index contributed by atoms with van der Waals surface area (Å²) in [5.74, 6) is 0.343. The van der Waals surface area contributed by atoms with E-state index in [1.54, 1.807) is 12.1 Å². The third-order valence-electron chi connectivity index (χ3n) is 4.48. The molecule has 1 aliphatic heterocycles. The maximum absolute atomic E-state index is 10.1. The Kier molecular flexibility index (Phi) is 5.07. The lowest BCUT2D eigenvalue weighted by molar-refractivity contribution is 0.193. The Balaban J connectivity index is 1.88. The fraction of sp³-hybridized carbons (Fsp3) is 0.444. The van der Waals surface area contributed by atoms with Gasteiger partial charge in [0.15, 0.2) is 0 Å². The Hall–Kier alpha value is -1.03. The van der Waals surface area contributed by atoms with E-state index in [1.807, 2.05) is 17.4 Å². The van der Waals surface area contributed by atoms with E-state index >= 15 is 0 Å². The van der Waals surface area contributed by atoms with Crippen molar-refractivity contribution >= 4 is 22.9 Å². The van der Waals surface area contributed by atoms with Crippen molar-refractivity contribution < 1.29 is 5.11 Å². The standard InChI is InChI=1S/C18H22ClNOS/c1-13-8-10-22-18(13)16-5-3-2-4-9-20(16)12-14-11-15(19)6-7-17(14)21/h6-8,10-11,16,21H,2-5,9,12H2,1H3/t16-/m0/s1. The van der Waals surface area contributed by atoms with Gasteiger partial charge in [-0.25, -0.2) is 0 Å². The second-order valence-electron chi connectivity index (χ2n) is 6.08. The van der Waals surface area contributed by atoms with Crippen LogP contribution in [0.25, 0.3) is 0 Å². The number of thiophene rings is 1. The Morgan fingerprint density at radius 1 is 1.27 bits per heavy atom. The molecule has 1 N–H and O–H groups in total. The number of benzene rings is 1. The van der Waals surface area contributed by atoms with Gasteiger partial charge < -0.3 is 5.11 Å². The normalized spacial score (nSPS) is 20.0. The molecule has 2 nitrogen and oxygen atoms in total. The molecular formula is C18H22ClNOS. The van der Waals surface area contributed by atoms with Gasteiger partial charge in [-0.05, 0) is 61.5 Å². The minimum absolute atomic E-state index is 0.343. The topological polar surface area (TPSA) is 23.5 Å². The molecule has 0 aliphatic carbocycles. The zero-order valence-electron chi connectivity index (χ0n) is 12.9. The van der Waals surface area contributed by atoms with Crippen LogP contribution in [-0.2, 0) is 6.54 Å². The van der Waals surface area contributed by atoms with Crippen LogP contribution >= 0.6 is 22.9 Å². The monoisotopic (exact) mass is 335 g/mol. The van der Waals surface area contributed by atoms with Crippen molar-refractivity contribution in [2.24, 2.45) is 0 Å². The Labute approximate surface area is 141 Å². The molecule has 2 aromatic rings. The number of rotatable bonds is 3. The highest BCUT2D eigenvalue weighted by Crippen LogP contribution is 2.37. The molecule has 1 saturated heterocycles. The second kappa shape index (κ2) is 7.03. The van der Waals surface area contributed by atoms with Gasteiger partial charge in [0.1, 0.15) is 5.75 Å². The van der Waals surface area contributed by atoms with Crippen LogP contribution in [0.3, 0.4) is 0 Å². The number of aromatic hydroxyl groups is 1. The summed E-state index contributed by atoms with van der Waals surface area (Å²) in [4.78, 5) is 3.99. The minimum Gasteiger partial charge on any atom is -0.508 e. The molecule has 22 heavy (non-hydrogen) atoms.